The quantitative estimate of drug-likeness (QED) is 0.767. The second-order valence-corrected chi connectivity index (χ2v) is 5.74. The normalized spacial score (nSPS) is 12.2. The monoisotopic (exact) mass is 321 g/mol. The van der Waals surface area contributed by atoms with E-state index in [-0.39, 0.29) is 5.82 Å². The van der Waals surface area contributed by atoms with Crippen LogP contribution in [0.2, 0.25) is 0 Å². The Morgan fingerprint density at radius 3 is 2.59 bits per heavy atom. The zero-order valence-corrected chi connectivity index (χ0v) is 13.5. The first-order chi connectivity index (χ1) is 10.6. The van der Waals surface area contributed by atoms with Gasteiger partial charge in [-0.2, -0.15) is 0 Å². The summed E-state index contributed by atoms with van der Waals surface area (Å²) in [6.45, 7) is 1.03. The van der Waals surface area contributed by atoms with Crippen molar-refractivity contribution in [2.24, 2.45) is 0 Å². The van der Waals surface area contributed by atoms with E-state index in [2.05, 4.69) is 5.32 Å². The summed E-state index contributed by atoms with van der Waals surface area (Å²) in [6.07, 6.45) is 1.35. The van der Waals surface area contributed by atoms with Gasteiger partial charge in [-0.25, -0.2) is 4.39 Å². The third kappa shape index (κ3) is 4.47. The minimum Gasteiger partial charge on any atom is -0.496 e. The van der Waals surface area contributed by atoms with E-state index in [1.54, 1.807) is 31.0 Å². The van der Waals surface area contributed by atoms with Gasteiger partial charge < -0.3 is 15.2 Å². The lowest BCUT2D eigenvalue weighted by Crippen LogP contribution is -2.21. The van der Waals surface area contributed by atoms with Gasteiger partial charge in [0.25, 0.3) is 0 Å². The van der Waals surface area contributed by atoms with E-state index in [9.17, 15) is 9.50 Å². The van der Waals surface area contributed by atoms with Gasteiger partial charge in [0.05, 0.1) is 13.2 Å². The predicted molar refractivity (Wildman–Crippen MR) is 87.8 cm³/mol. The van der Waals surface area contributed by atoms with Gasteiger partial charge in [0.1, 0.15) is 11.6 Å². The van der Waals surface area contributed by atoms with Crippen LogP contribution in [0.3, 0.4) is 0 Å². The fourth-order valence-electron chi connectivity index (χ4n) is 2.15. The lowest BCUT2D eigenvalue weighted by molar-refractivity contribution is 0.174. The number of aliphatic hydroxyl groups is 1. The standard InChI is InChI=1S/C17H20FNO2S/c1-21-16-9-12(3-8-17(16)22-2)10-19-11-15(20)13-4-6-14(18)7-5-13/h3-9,15,19-20H,10-11H2,1-2H3. The highest BCUT2D eigenvalue weighted by Crippen LogP contribution is 2.28. The summed E-state index contributed by atoms with van der Waals surface area (Å²) in [7, 11) is 1.66. The molecular weight excluding hydrogens is 301 g/mol. The molecule has 2 aromatic rings. The first-order valence-corrected chi connectivity index (χ1v) is 8.21. The van der Waals surface area contributed by atoms with Crippen LogP contribution in [-0.4, -0.2) is 25.0 Å². The fourth-order valence-corrected chi connectivity index (χ4v) is 2.69. The molecule has 0 aromatic heterocycles. The van der Waals surface area contributed by atoms with Gasteiger partial charge in [0, 0.05) is 18.0 Å². The molecule has 2 N–H and O–H groups in total. The molecule has 0 radical (unpaired) electrons. The van der Waals surface area contributed by atoms with Crippen molar-refractivity contribution in [2.45, 2.75) is 17.5 Å². The molecule has 0 aliphatic heterocycles. The average Bonchev–Trinajstić information content (AvgIpc) is 2.55. The Morgan fingerprint density at radius 1 is 1.23 bits per heavy atom. The second-order valence-electron chi connectivity index (χ2n) is 4.89. The summed E-state index contributed by atoms with van der Waals surface area (Å²) in [4.78, 5) is 1.09. The predicted octanol–water partition coefficient (Wildman–Crippen LogP) is 3.38. The maximum absolute atomic E-state index is 12.8. The molecule has 0 fully saturated rings. The van der Waals surface area contributed by atoms with E-state index in [1.807, 2.05) is 24.5 Å². The molecule has 0 saturated carbocycles. The van der Waals surface area contributed by atoms with E-state index in [0.717, 1.165) is 16.2 Å². The van der Waals surface area contributed by atoms with Crippen LogP contribution in [0.4, 0.5) is 4.39 Å². The fraction of sp³-hybridized carbons (Fsp3) is 0.294. The number of thioether (sulfide) groups is 1. The summed E-state index contributed by atoms with van der Waals surface area (Å²) >= 11 is 1.64. The van der Waals surface area contributed by atoms with Crippen LogP contribution in [0.25, 0.3) is 0 Å². The molecule has 0 bridgehead atoms. The summed E-state index contributed by atoms with van der Waals surface area (Å²) in [5, 5.41) is 13.3. The van der Waals surface area contributed by atoms with Gasteiger partial charge in [-0.05, 0) is 41.6 Å². The van der Waals surface area contributed by atoms with E-state index < -0.39 is 6.10 Å². The Morgan fingerprint density at radius 2 is 1.95 bits per heavy atom. The van der Waals surface area contributed by atoms with Crippen LogP contribution in [0.5, 0.6) is 5.75 Å². The van der Waals surface area contributed by atoms with Crippen LogP contribution in [0, 0.1) is 5.82 Å². The number of aliphatic hydroxyl groups excluding tert-OH is 1. The highest BCUT2D eigenvalue weighted by molar-refractivity contribution is 7.98. The van der Waals surface area contributed by atoms with Crippen LogP contribution >= 0.6 is 11.8 Å². The van der Waals surface area contributed by atoms with Crippen LogP contribution in [0.15, 0.2) is 47.4 Å². The number of benzene rings is 2. The molecule has 0 spiro atoms. The number of rotatable bonds is 7. The number of hydrogen-bond acceptors (Lipinski definition) is 4. The molecule has 118 valence electrons. The maximum atomic E-state index is 12.8. The van der Waals surface area contributed by atoms with Crippen LogP contribution < -0.4 is 10.1 Å². The summed E-state index contributed by atoms with van der Waals surface area (Å²) in [5.74, 6) is 0.552. The zero-order valence-electron chi connectivity index (χ0n) is 12.7. The molecule has 3 nitrogen and oxygen atoms in total. The molecule has 0 heterocycles. The van der Waals surface area contributed by atoms with E-state index in [1.165, 1.54) is 12.1 Å². The minimum atomic E-state index is -0.659. The van der Waals surface area contributed by atoms with E-state index in [0.29, 0.717) is 18.7 Å². The van der Waals surface area contributed by atoms with Gasteiger partial charge >= 0.3 is 0 Å². The molecule has 2 aromatic carbocycles. The maximum Gasteiger partial charge on any atom is 0.132 e. The van der Waals surface area contributed by atoms with Crippen molar-refractivity contribution < 1.29 is 14.2 Å². The third-order valence-electron chi connectivity index (χ3n) is 3.37. The van der Waals surface area contributed by atoms with Gasteiger partial charge in [-0.1, -0.05) is 18.2 Å². The lowest BCUT2D eigenvalue weighted by atomic mass is 10.1. The van der Waals surface area contributed by atoms with E-state index in [4.69, 9.17) is 4.74 Å². The van der Waals surface area contributed by atoms with Gasteiger partial charge in [0.2, 0.25) is 0 Å². The average molecular weight is 321 g/mol. The number of halogens is 1. The highest BCUT2D eigenvalue weighted by atomic mass is 32.2. The second kappa shape index (κ2) is 8.17. The minimum absolute atomic E-state index is 0.301. The van der Waals surface area contributed by atoms with E-state index >= 15 is 0 Å². The topological polar surface area (TPSA) is 41.5 Å². The van der Waals surface area contributed by atoms with Crippen LogP contribution in [-0.2, 0) is 6.54 Å². The first kappa shape index (κ1) is 16.8. The van der Waals surface area contributed by atoms with Crippen molar-refractivity contribution in [3.63, 3.8) is 0 Å². The third-order valence-corrected chi connectivity index (χ3v) is 4.15. The van der Waals surface area contributed by atoms with Crippen molar-refractivity contribution in [3.05, 3.63) is 59.4 Å². The Hall–Kier alpha value is -1.56. The molecule has 22 heavy (non-hydrogen) atoms. The number of nitrogens with one attached hydrogen (secondary N) is 1. The molecular formula is C17H20FNO2S. The summed E-state index contributed by atoms with van der Waals surface area (Å²) in [5.41, 5.74) is 1.78. The molecule has 0 aliphatic carbocycles. The summed E-state index contributed by atoms with van der Waals surface area (Å²) < 4.78 is 18.2. The highest BCUT2D eigenvalue weighted by Gasteiger charge is 2.08. The smallest absolute Gasteiger partial charge is 0.132 e. The SMILES string of the molecule is COc1cc(CNCC(O)c2ccc(F)cc2)ccc1SC. The molecule has 1 unspecified atom stereocenters. The lowest BCUT2D eigenvalue weighted by Gasteiger charge is -2.13. The molecule has 1 atom stereocenters. The number of ether oxygens (including phenoxy) is 1. The Bertz CT molecular complexity index is 604. The number of methoxy groups -OCH3 is 1. The zero-order chi connectivity index (χ0) is 15.9. The Kier molecular flexibility index (Phi) is 6.24. The van der Waals surface area contributed by atoms with Crippen molar-refractivity contribution in [2.75, 3.05) is 19.9 Å². The van der Waals surface area contributed by atoms with Crippen LogP contribution in [0.1, 0.15) is 17.2 Å². The van der Waals surface area contributed by atoms with Crippen molar-refractivity contribution in [1.29, 1.82) is 0 Å². The Balaban J connectivity index is 1.89. The molecule has 2 rings (SSSR count). The largest absolute Gasteiger partial charge is 0.496 e. The molecule has 0 amide bonds. The van der Waals surface area contributed by atoms with Gasteiger partial charge in [-0.15, -0.1) is 11.8 Å². The van der Waals surface area contributed by atoms with Gasteiger partial charge in [0.15, 0.2) is 0 Å². The van der Waals surface area contributed by atoms with Crippen molar-refractivity contribution >= 4 is 11.8 Å². The van der Waals surface area contributed by atoms with Gasteiger partial charge in [-0.3, -0.25) is 0 Å². The first-order valence-electron chi connectivity index (χ1n) is 6.99. The molecule has 0 saturated heterocycles. The number of hydrogen-bond donors (Lipinski definition) is 2. The molecule has 5 heteroatoms. The summed E-state index contributed by atoms with van der Waals surface area (Å²) in [6, 6.07) is 11.9. The van der Waals surface area contributed by atoms with Crippen molar-refractivity contribution in [3.8, 4) is 5.75 Å². The Labute approximate surface area is 134 Å². The molecule has 0 aliphatic rings. The van der Waals surface area contributed by atoms with Crippen molar-refractivity contribution in [1.82, 2.24) is 5.32 Å².